The maximum Gasteiger partial charge on any atom is 0.223 e. The van der Waals surface area contributed by atoms with Gasteiger partial charge < -0.3 is 10.1 Å². The first-order valence-electron chi connectivity index (χ1n) is 6.74. The second-order valence-corrected chi connectivity index (χ2v) is 5.78. The van der Waals surface area contributed by atoms with Gasteiger partial charge in [0.1, 0.15) is 0 Å². The number of carbonyl (C=O) groups is 1. The summed E-state index contributed by atoms with van der Waals surface area (Å²) >= 11 is 1.72. The molecule has 1 aliphatic rings. The molecular formula is C15H21NO2S. The Balaban J connectivity index is 1.84. The molecule has 0 spiro atoms. The highest BCUT2D eigenvalue weighted by molar-refractivity contribution is 7.98. The molecule has 0 saturated carbocycles. The van der Waals surface area contributed by atoms with Crippen molar-refractivity contribution in [2.24, 2.45) is 0 Å². The van der Waals surface area contributed by atoms with Crippen LogP contribution in [0.15, 0.2) is 29.2 Å². The Kier molecular flexibility index (Phi) is 5.28. The van der Waals surface area contributed by atoms with Crippen molar-refractivity contribution in [3.05, 3.63) is 29.8 Å². The van der Waals surface area contributed by atoms with Gasteiger partial charge in [-0.25, -0.2) is 0 Å². The number of carbonyl (C=O) groups excluding carboxylic acids is 1. The SMILES string of the molecule is CSc1ccc([C@@H](C)NC(=O)C[C@H]2CCCO2)cc1. The predicted molar refractivity (Wildman–Crippen MR) is 78.4 cm³/mol. The standard InChI is InChI=1S/C15H21NO2S/c1-11(12-5-7-14(19-2)8-6-12)16-15(17)10-13-4-3-9-18-13/h5-8,11,13H,3-4,9-10H2,1-2H3,(H,16,17)/t11-,13-/m1/s1. The Morgan fingerprint density at radius 2 is 2.21 bits per heavy atom. The lowest BCUT2D eigenvalue weighted by Gasteiger charge is -2.16. The third-order valence-electron chi connectivity index (χ3n) is 3.43. The highest BCUT2D eigenvalue weighted by Gasteiger charge is 2.20. The van der Waals surface area contributed by atoms with Gasteiger partial charge in [-0.2, -0.15) is 0 Å². The van der Waals surface area contributed by atoms with Gasteiger partial charge in [0.25, 0.3) is 0 Å². The largest absolute Gasteiger partial charge is 0.378 e. The molecule has 3 nitrogen and oxygen atoms in total. The van der Waals surface area contributed by atoms with Crippen LogP contribution in [0.1, 0.15) is 37.8 Å². The van der Waals surface area contributed by atoms with Crippen LogP contribution in [-0.4, -0.2) is 24.9 Å². The summed E-state index contributed by atoms with van der Waals surface area (Å²) in [4.78, 5) is 13.1. The molecule has 0 aliphatic carbocycles. The zero-order valence-electron chi connectivity index (χ0n) is 11.5. The van der Waals surface area contributed by atoms with Crippen molar-refractivity contribution in [2.75, 3.05) is 12.9 Å². The van der Waals surface area contributed by atoms with Crippen LogP contribution in [0.5, 0.6) is 0 Å². The summed E-state index contributed by atoms with van der Waals surface area (Å²) in [6.07, 6.45) is 4.73. The monoisotopic (exact) mass is 279 g/mol. The molecule has 0 radical (unpaired) electrons. The molecule has 2 rings (SSSR count). The topological polar surface area (TPSA) is 38.3 Å². The lowest BCUT2D eigenvalue weighted by molar-refractivity contribution is -0.123. The molecule has 0 unspecified atom stereocenters. The summed E-state index contributed by atoms with van der Waals surface area (Å²) in [6.45, 7) is 2.81. The summed E-state index contributed by atoms with van der Waals surface area (Å²) in [7, 11) is 0. The van der Waals surface area contributed by atoms with Gasteiger partial charge >= 0.3 is 0 Å². The number of nitrogens with one attached hydrogen (secondary N) is 1. The zero-order chi connectivity index (χ0) is 13.7. The molecule has 1 saturated heterocycles. The van der Waals surface area contributed by atoms with Gasteiger partial charge in [0.05, 0.1) is 18.6 Å². The van der Waals surface area contributed by atoms with E-state index in [9.17, 15) is 4.79 Å². The van der Waals surface area contributed by atoms with E-state index < -0.39 is 0 Å². The van der Waals surface area contributed by atoms with Crippen LogP contribution in [-0.2, 0) is 9.53 Å². The molecule has 1 aromatic carbocycles. The molecule has 1 fully saturated rings. The number of rotatable bonds is 5. The van der Waals surface area contributed by atoms with E-state index >= 15 is 0 Å². The summed E-state index contributed by atoms with van der Waals surface area (Å²) in [5.74, 6) is 0.0772. The Morgan fingerprint density at radius 1 is 1.47 bits per heavy atom. The number of amides is 1. The van der Waals surface area contributed by atoms with E-state index in [0.717, 1.165) is 25.0 Å². The number of ether oxygens (including phenoxy) is 1. The third kappa shape index (κ3) is 4.25. The molecule has 1 heterocycles. The lowest BCUT2D eigenvalue weighted by Crippen LogP contribution is -2.29. The number of hydrogen-bond acceptors (Lipinski definition) is 3. The average Bonchev–Trinajstić information content (AvgIpc) is 2.91. The van der Waals surface area contributed by atoms with Crippen molar-refractivity contribution in [3.8, 4) is 0 Å². The van der Waals surface area contributed by atoms with Crippen molar-refractivity contribution in [1.82, 2.24) is 5.32 Å². The van der Waals surface area contributed by atoms with E-state index in [1.807, 2.05) is 6.92 Å². The first-order chi connectivity index (χ1) is 9.19. The van der Waals surface area contributed by atoms with Gasteiger partial charge in [0, 0.05) is 11.5 Å². The summed E-state index contributed by atoms with van der Waals surface area (Å²) in [6, 6.07) is 8.36. The molecule has 19 heavy (non-hydrogen) atoms. The van der Waals surface area contributed by atoms with Crippen molar-refractivity contribution in [1.29, 1.82) is 0 Å². The van der Waals surface area contributed by atoms with E-state index in [4.69, 9.17) is 4.74 Å². The van der Waals surface area contributed by atoms with Gasteiger partial charge in [0.15, 0.2) is 0 Å². The summed E-state index contributed by atoms with van der Waals surface area (Å²) in [5, 5.41) is 3.03. The van der Waals surface area contributed by atoms with Crippen LogP contribution < -0.4 is 5.32 Å². The highest BCUT2D eigenvalue weighted by Crippen LogP contribution is 2.20. The van der Waals surface area contributed by atoms with Crippen LogP contribution >= 0.6 is 11.8 Å². The molecule has 4 heteroatoms. The smallest absolute Gasteiger partial charge is 0.223 e. The highest BCUT2D eigenvalue weighted by atomic mass is 32.2. The van der Waals surface area contributed by atoms with Gasteiger partial charge in [0.2, 0.25) is 5.91 Å². The van der Waals surface area contributed by atoms with Crippen LogP contribution in [0.25, 0.3) is 0 Å². The van der Waals surface area contributed by atoms with Crippen LogP contribution in [0.3, 0.4) is 0 Å². The average molecular weight is 279 g/mol. The second-order valence-electron chi connectivity index (χ2n) is 4.90. The van der Waals surface area contributed by atoms with E-state index in [-0.39, 0.29) is 18.1 Å². The Bertz CT molecular complexity index is 413. The molecule has 1 aromatic rings. The van der Waals surface area contributed by atoms with E-state index in [2.05, 4.69) is 35.8 Å². The van der Waals surface area contributed by atoms with Gasteiger partial charge in [-0.15, -0.1) is 11.8 Å². The Hall–Kier alpha value is -1.00. The molecule has 1 amide bonds. The minimum Gasteiger partial charge on any atom is -0.378 e. The van der Waals surface area contributed by atoms with Gasteiger partial charge in [-0.1, -0.05) is 12.1 Å². The molecule has 1 N–H and O–H groups in total. The Labute approximate surface area is 119 Å². The van der Waals surface area contributed by atoms with Gasteiger partial charge in [-0.3, -0.25) is 4.79 Å². The van der Waals surface area contributed by atoms with Crippen molar-refractivity contribution < 1.29 is 9.53 Å². The minimum absolute atomic E-state index is 0.0461. The van der Waals surface area contributed by atoms with E-state index in [1.54, 1.807) is 11.8 Å². The Morgan fingerprint density at radius 3 is 2.79 bits per heavy atom. The lowest BCUT2D eigenvalue weighted by atomic mass is 10.1. The predicted octanol–water partition coefficient (Wildman–Crippen LogP) is 3.15. The fourth-order valence-corrected chi connectivity index (χ4v) is 2.70. The van der Waals surface area contributed by atoms with E-state index in [1.165, 1.54) is 4.90 Å². The van der Waals surface area contributed by atoms with Gasteiger partial charge in [-0.05, 0) is 43.7 Å². The van der Waals surface area contributed by atoms with Crippen molar-refractivity contribution in [2.45, 2.75) is 43.2 Å². The first kappa shape index (κ1) is 14.4. The van der Waals surface area contributed by atoms with Crippen LogP contribution in [0, 0.1) is 0 Å². The van der Waals surface area contributed by atoms with Crippen LogP contribution in [0.2, 0.25) is 0 Å². The summed E-state index contributed by atoms with van der Waals surface area (Å²) < 4.78 is 5.48. The molecule has 1 aliphatic heterocycles. The van der Waals surface area contributed by atoms with Crippen molar-refractivity contribution >= 4 is 17.7 Å². The zero-order valence-corrected chi connectivity index (χ0v) is 12.3. The molecule has 0 aromatic heterocycles. The fourth-order valence-electron chi connectivity index (χ4n) is 2.29. The molecule has 0 bridgehead atoms. The molecule has 2 atom stereocenters. The second kappa shape index (κ2) is 6.96. The maximum absolute atomic E-state index is 11.9. The maximum atomic E-state index is 11.9. The number of hydrogen-bond donors (Lipinski definition) is 1. The third-order valence-corrected chi connectivity index (χ3v) is 4.17. The van der Waals surface area contributed by atoms with E-state index in [0.29, 0.717) is 6.42 Å². The quantitative estimate of drug-likeness (QED) is 0.841. The molecular weight excluding hydrogens is 258 g/mol. The minimum atomic E-state index is 0.0461. The number of thioether (sulfide) groups is 1. The molecule has 104 valence electrons. The van der Waals surface area contributed by atoms with Crippen molar-refractivity contribution in [3.63, 3.8) is 0 Å². The van der Waals surface area contributed by atoms with Crippen LogP contribution in [0.4, 0.5) is 0 Å². The fraction of sp³-hybridized carbons (Fsp3) is 0.533. The summed E-state index contributed by atoms with van der Waals surface area (Å²) in [5.41, 5.74) is 1.14. The normalized spacial score (nSPS) is 20.2. The number of benzene rings is 1. The first-order valence-corrected chi connectivity index (χ1v) is 7.96.